The molecule has 4 aromatic rings. The van der Waals surface area contributed by atoms with E-state index in [0.717, 1.165) is 40.3 Å². The van der Waals surface area contributed by atoms with E-state index in [1.807, 2.05) is 60.7 Å². The molecule has 106 valence electrons. The SMILES string of the molecule is Oc1c(-c2ccccc2)pc2ccc3ccccc3c2c1O. The highest BCUT2D eigenvalue weighted by Crippen LogP contribution is 2.50. The van der Waals surface area contributed by atoms with Crippen LogP contribution in [0.25, 0.3) is 32.1 Å². The molecular weight excluding hydrogens is 291 g/mol. The van der Waals surface area contributed by atoms with Gasteiger partial charge in [-0.15, -0.1) is 0 Å². The third-order valence-corrected chi connectivity index (χ3v) is 5.18. The first-order valence-corrected chi connectivity index (χ1v) is 7.94. The van der Waals surface area contributed by atoms with E-state index in [2.05, 4.69) is 6.07 Å². The second-order valence-corrected chi connectivity index (χ2v) is 6.36. The lowest BCUT2D eigenvalue weighted by atomic mass is 10.1. The summed E-state index contributed by atoms with van der Waals surface area (Å²) in [5.41, 5.74) is 0.923. The Labute approximate surface area is 129 Å². The summed E-state index contributed by atoms with van der Waals surface area (Å²) in [4.78, 5) is 0. The van der Waals surface area contributed by atoms with E-state index in [1.54, 1.807) is 0 Å². The van der Waals surface area contributed by atoms with Crippen LogP contribution in [0.2, 0.25) is 0 Å². The maximum Gasteiger partial charge on any atom is 0.170 e. The van der Waals surface area contributed by atoms with Crippen molar-refractivity contribution in [3.8, 4) is 22.4 Å². The zero-order chi connectivity index (χ0) is 15.1. The fourth-order valence-corrected chi connectivity index (χ4v) is 4.02. The van der Waals surface area contributed by atoms with Crippen molar-refractivity contribution in [1.82, 2.24) is 0 Å². The molecule has 0 aliphatic rings. The summed E-state index contributed by atoms with van der Waals surface area (Å²) < 4.78 is 0. The molecule has 0 fully saturated rings. The molecule has 4 rings (SSSR count). The fraction of sp³-hybridized carbons (Fsp3) is 0. The Morgan fingerprint density at radius 1 is 0.682 bits per heavy atom. The molecule has 0 saturated heterocycles. The maximum absolute atomic E-state index is 10.6. The quantitative estimate of drug-likeness (QED) is 0.446. The van der Waals surface area contributed by atoms with E-state index in [4.69, 9.17) is 0 Å². The molecule has 0 amide bonds. The summed E-state index contributed by atoms with van der Waals surface area (Å²) in [5.74, 6) is -0.0684. The Morgan fingerprint density at radius 3 is 2.23 bits per heavy atom. The lowest BCUT2D eigenvalue weighted by molar-refractivity contribution is 0.411. The molecule has 2 N–H and O–H groups in total. The number of hydrogen-bond donors (Lipinski definition) is 2. The average molecular weight is 304 g/mol. The van der Waals surface area contributed by atoms with Gasteiger partial charge < -0.3 is 10.2 Å². The Morgan fingerprint density at radius 2 is 1.41 bits per heavy atom. The highest BCUT2D eigenvalue weighted by molar-refractivity contribution is 7.40. The number of rotatable bonds is 1. The number of aromatic hydroxyl groups is 2. The standard InChI is InChI=1S/C19H13O2P/c20-17-16-14-9-5-4-6-12(14)10-11-15(16)22-19(18(17)21)13-7-2-1-3-8-13/h1-11,20-21H. The minimum Gasteiger partial charge on any atom is -0.504 e. The van der Waals surface area contributed by atoms with Crippen LogP contribution in [0.1, 0.15) is 0 Å². The number of benzene rings is 3. The summed E-state index contributed by atoms with van der Waals surface area (Å²) in [5, 5.41) is 25.5. The molecule has 0 aliphatic heterocycles. The van der Waals surface area contributed by atoms with Crippen LogP contribution >= 0.6 is 8.19 Å². The minimum atomic E-state index is -0.0376. The maximum atomic E-state index is 10.6. The molecule has 0 spiro atoms. The first kappa shape index (κ1) is 13.1. The van der Waals surface area contributed by atoms with Crippen LogP contribution < -0.4 is 0 Å². The van der Waals surface area contributed by atoms with Gasteiger partial charge in [0, 0.05) is 10.5 Å². The molecule has 1 aromatic heterocycles. The van der Waals surface area contributed by atoms with Crippen molar-refractivity contribution < 1.29 is 10.2 Å². The van der Waals surface area contributed by atoms with Gasteiger partial charge in [-0.2, -0.15) is 0 Å². The average Bonchev–Trinajstić information content (AvgIpc) is 2.58. The van der Waals surface area contributed by atoms with Crippen molar-refractivity contribution in [3.05, 3.63) is 66.7 Å². The van der Waals surface area contributed by atoms with Gasteiger partial charge in [0.05, 0.1) is 5.30 Å². The molecule has 22 heavy (non-hydrogen) atoms. The third-order valence-electron chi connectivity index (χ3n) is 3.87. The van der Waals surface area contributed by atoms with Crippen LogP contribution in [-0.4, -0.2) is 10.2 Å². The first-order chi connectivity index (χ1) is 10.8. The topological polar surface area (TPSA) is 40.5 Å². The van der Waals surface area contributed by atoms with Gasteiger partial charge in [0.15, 0.2) is 11.5 Å². The molecular formula is C19H13O2P. The van der Waals surface area contributed by atoms with E-state index in [0.29, 0.717) is 0 Å². The Bertz CT molecular complexity index is 994. The molecule has 0 aliphatic carbocycles. The van der Waals surface area contributed by atoms with Crippen molar-refractivity contribution >= 4 is 29.5 Å². The minimum absolute atomic E-state index is 0.0308. The van der Waals surface area contributed by atoms with Gasteiger partial charge in [0.1, 0.15) is 0 Å². The zero-order valence-corrected chi connectivity index (χ0v) is 12.6. The van der Waals surface area contributed by atoms with Crippen LogP contribution in [0, 0.1) is 0 Å². The summed E-state index contributed by atoms with van der Waals surface area (Å²) in [6, 6.07) is 21.6. The summed E-state index contributed by atoms with van der Waals surface area (Å²) in [7, 11) is 0.903. The normalized spacial score (nSPS) is 11.5. The molecule has 0 bridgehead atoms. The van der Waals surface area contributed by atoms with Crippen LogP contribution in [0.3, 0.4) is 0 Å². The van der Waals surface area contributed by atoms with Gasteiger partial charge in [0.2, 0.25) is 0 Å². The third kappa shape index (κ3) is 1.93. The van der Waals surface area contributed by atoms with E-state index in [1.165, 1.54) is 0 Å². The van der Waals surface area contributed by atoms with Crippen LogP contribution in [0.5, 0.6) is 11.5 Å². The van der Waals surface area contributed by atoms with Crippen molar-refractivity contribution in [2.75, 3.05) is 0 Å². The predicted molar refractivity (Wildman–Crippen MR) is 92.7 cm³/mol. The van der Waals surface area contributed by atoms with E-state index >= 15 is 0 Å². The molecule has 0 saturated carbocycles. The van der Waals surface area contributed by atoms with Gasteiger partial charge in [0.25, 0.3) is 0 Å². The molecule has 1 heterocycles. The number of fused-ring (bicyclic) bond motifs is 3. The van der Waals surface area contributed by atoms with Crippen LogP contribution in [0.15, 0.2) is 66.7 Å². The lowest BCUT2D eigenvalue weighted by Gasteiger charge is -2.11. The van der Waals surface area contributed by atoms with Crippen molar-refractivity contribution in [2.45, 2.75) is 0 Å². The van der Waals surface area contributed by atoms with Crippen molar-refractivity contribution in [3.63, 3.8) is 0 Å². The highest BCUT2D eigenvalue weighted by Gasteiger charge is 2.15. The predicted octanol–water partition coefficient (Wildman–Crippen LogP) is 5.65. The number of hydrogen-bond acceptors (Lipinski definition) is 2. The molecule has 2 nitrogen and oxygen atoms in total. The molecule has 3 heteroatoms. The summed E-state index contributed by atoms with van der Waals surface area (Å²) in [6.45, 7) is 0. The van der Waals surface area contributed by atoms with Crippen LogP contribution in [0.4, 0.5) is 0 Å². The highest BCUT2D eigenvalue weighted by atomic mass is 31.0. The van der Waals surface area contributed by atoms with E-state index in [9.17, 15) is 10.2 Å². The van der Waals surface area contributed by atoms with Gasteiger partial charge in [-0.1, -0.05) is 68.9 Å². The van der Waals surface area contributed by atoms with Gasteiger partial charge in [-0.3, -0.25) is 0 Å². The molecule has 0 atom stereocenters. The van der Waals surface area contributed by atoms with Gasteiger partial charge >= 0.3 is 0 Å². The van der Waals surface area contributed by atoms with E-state index in [-0.39, 0.29) is 11.5 Å². The molecule has 0 unspecified atom stereocenters. The van der Waals surface area contributed by atoms with Crippen molar-refractivity contribution in [1.29, 1.82) is 0 Å². The Balaban J connectivity index is 2.12. The second kappa shape index (κ2) is 5.01. The second-order valence-electron chi connectivity index (χ2n) is 5.20. The zero-order valence-electron chi connectivity index (χ0n) is 11.7. The first-order valence-electron chi connectivity index (χ1n) is 7.04. The smallest absolute Gasteiger partial charge is 0.170 e. The lowest BCUT2D eigenvalue weighted by Crippen LogP contribution is -1.81. The Kier molecular flexibility index (Phi) is 2.99. The van der Waals surface area contributed by atoms with Crippen molar-refractivity contribution in [2.24, 2.45) is 0 Å². The fourth-order valence-electron chi connectivity index (χ4n) is 2.80. The molecule has 3 aromatic carbocycles. The van der Waals surface area contributed by atoms with Gasteiger partial charge in [-0.05, 0) is 22.4 Å². The Hall–Kier alpha value is -2.57. The molecule has 0 radical (unpaired) electrons. The van der Waals surface area contributed by atoms with Gasteiger partial charge in [-0.25, -0.2) is 0 Å². The monoisotopic (exact) mass is 304 g/mol. The van der Waals surface area contributed by atoms with E-state index < -0.39 is 0 Å². The van der Waals surface area contributed by atoms with Crippen LogP contribution in [-0.2, 0) is 0 Å². The summed E-state index contributed by atoms with van der Waals surface area (Å²) in [6.07, 6.45) is 0. The largest absolute Gasteiger partial charge is 0.504 e. The summed E-state index contributed by atoms with van der Waals surface area (Å²) >= 11 is 0.